The van der Waals surface area contributed by atoms with E-state index >= 15 is 0 Å². The molecule has 25 heavy (non-hydrogen) atoms. The van der Waals surface area contributed by atoms with Gasteiger partial charge in [0.25, 0.3) is 0 Å². The number of Topliss-reactive ketones (excluding diaryl/α,β-unsaturated/α-hetero) is 1. The third-order valence-electron chi connectivity index (χ3n) is 4.32. The first-order chi connectivity index (χ1) is 12.1. The summed E-state index contributed by atoms with van der Waals surface area (Å²) >= 11 is 0. The fourth-order valence-corrected chi connectivity index (χ4v) is 2.96. The SMILES string of the molecule is CCOCCOCC(=O)CCCCC(=O)N1C[C@@H](OC)C[C@@H]1COC. The summed E-state index contributed by atoms with van der Waals surface area (Å²) in [5.74, 6) is 0.184. The second-order valence-corrected chi connectivity index (χ2v) is 6.24. The summed E-state index contributed by atoms with van der Waals surface area (Å²) in [5.41, 5.74) is 0. The van der Waals surface area contributed by atoms with Crippen molar-refractivity contribution in [1.29, 1.82) is 0 Å². The van der Waals surface area contributed by atoms with Gasteiger partial charge in [-0.3, -0.25) is 9.59 Å². The minimum absolute atomic E-state index is 0.0711. The van der Waals surface area contributed by atoms with Crippen molar-refractivity contribution in [1.82, 2.24) is 4.90 Å². The van der Waals surface area contributed by atoms with Gasteiger partial charge in [-0.1, -0.05) is 0 Å². The van der Waals surface area contributed by atoms with Gasteiger partial charge in [0, 0.05) is 40.2 Å². The number of ether oxygens (including phenoxy) is 4. The van der Waals surface area contributed by atoms with Gasteiger partial charge in [0.1, 0.15) is 6.61 Å². The molecule has 0 aromatic rings. The van der Waals surface area contributed by atoms with Crippen LogP contribution in [-0.2, 0) is 28.5 Å². The van der Waals surface area contributed by atoms with E-state index < -0.39 is 0 Å². The van der Waals surface area contributed by atoms with Gasteiger partial charge in [-0.05, 0) is 26.2 Å². The molecule has 0 aliphatic carbocycles. The first kappa shape index (κ1) is 22.0. The van der Waals surface area contributed by atoms with Crippen molar-refractivity contribution in [3.05, 3.63) is 0 Å². The summed E-state index contributed by atoms with van der Waals surface area (Å²) in [7, 11) is 3.31. The molecule has 7 heteroatoms. The highest BCUT2D eigenvalue weighted by molar-refractivity contribution is 5.80. The van der Waals surface area contributed by atoms with Gasteiger partial charge in [-0.15, -0.1) is 0 Å². The Balaban J connectivity index is 2.16. The number of nitrogens with zero attached hydrogens (tertiary/aromatic N) is 1. The van der Waals surface area contributed by atoms with Gasteiger partial charge in [0.2, 0.25) is 5.91 Å². The minimum atomic E-state index is 0.0711. The Kier molecular flexibility index (Phi) is 11.6. The van der Waals surface area contributed by atoms with E-state index in [9.17, 15) is 9.59 Å². The lowest BCUT2D eigenvalue weighted by Gasteiger charge is -2.23. The van der Waals surface area contributed by atoms with Crippen molar-refractivity contribution in [2.75, 3.05) is 53.8 Å². The molecule has 7 nitrogen and oxygen atoms in total. The van der Waals surface area contributed by atoms with Crippen LogP contribution in [0.1, 0.15) is 39.0 Å². The van der Waals surface area contributed by atoms with Crippen LogP contribution < -0.4 is 0 Å². The molecule has 1 aliphatic rings. The smallest absolute Gasteiger partial charge is 0.222 e. The molecule has 146 valence electrons. The highest BCUT2D eigenvalue weighted by atomic mass is 16.5. The molecule has 1 rings (SSSR count). The lowest BCUT2D eigenvalue weighted by Crippen LogP contribution is -2.38. The molecular weight excluding hydrogens is 326 g/mol. The Labute approximate surface area is 150 Å². The van der Waals surface area contributed by atoms with Crippen molar-refractivity contribution in [2.45, 2.75) is 51.2 Å². The maximum Gasteiger partial charge on any atom is 0.222 e. The summed E-state index contributed by atoms with van der Waals surface area (Å²) in [6.07, 6.45) is 3.21. The molecule has 0 spiro atoms. The zero-order chi connectivity index (χ0) is 18.5. The monoisotopic (exact) mass is 359 g/mol. The fourth-order valence-electron chi connectivity index (χ4n) is 2.96. The van der Waals surface area contributed by atoms with Gasteiger partial charge in [0.05, 0.1) is 32.0 Å². The average molecular weight is 359 g/mol. The van der Waals surface area contributed by atoms with Crippen LogP contribution in [0.3, 0.4) is 0 Å². The van der Waals surface area contributed by atoms with Crippen LogP contribution >= 0.6 is 0 Å². The van der Waals surface area contributed by atoms with E-state index in [4.69, 9.17) is 18.9 Å². The highest BCUT2D eigenvalue weighted by Gasteiger charge is 2.34. The van der Waals surface area contributed by atoms with Gasteiger partial charge in [0.15, 0.2) is 5.78 Å². The predicted molar refractivity (Wildman–Crippen MR) is 93.6 cm³/mol. The molecule has 1 saturated heterocycles. The number of rotatable bonds is 14. The van der Waals surface area contributed by atoms with E-state index in [1.165, 1.54) is 0 Å². The number of hydrogen-bond acceptors (Lipinski definition) is 6. The molecule has 1 amide bonds. The molecule has 0 N–H and O–H groups in total. The van der Waals surface area contributed by atoms with Crippen LogP contribution in [0.15, 0.2) is 0 Å². The van der Waals surface area contributed by atoms with E-state index in [1.807, 2.05) is 11.8 Å². The Bertz CT molecular complexity index is 390. The third kappa shape index (κ3) is 8.76. The summed E-state index contributed by atoms with van der Waals surface area (Å²) in [6, 6.07) is 0.0859. The van der Waals surface area contributed by atoms with Crippen LogP contribution in [0.2, 0.25) is 0 Å². The van der Waals surface area contributed by atoms with Crippen LogP contribution in [0.4, 0.5) is 0 Å². The maximum absolute atomic E-state index is 12.4. The second kappa shape index (κ2) is 13.2. The Morgan fingerprint density at radius 3 is 2.48 bits per heavy atom. The molecule has 1 fully saturated rings. The van der Waals surface area contributed by atoms with Crippen molar-refractivity contribution in [3.8, 4) is 0 Å². The normalized spacial score (nSPS) is 20.2. The van der Waals surface area contributed by atoms with Crippen molar-refractivity contribution >= 4 is 11.7 Å². The molecule has 1 aliphatic heterocycles. The van der Waals surface area contributed by atoms with Gasteiger partial charge >= 0.3 is 0 Å². The number of hydrogen-bond donors (Lipinski definition) is 0. The van der Waals surface area contributed by atoms with Crippen LogP contribution in [-0.4, -0.2) is 82.5 Å². The highest BCUT2D eigenvalue weighted by Crippen LogP contribution is 2.21. The van der Waals surface area contributed by atoms with Crippen LogP contribution in [0, 0.1) is 0 Å². The first-order valence-electron chi connectivity index (χ1n) is 9.10. The lowest BCUT2D eigenvalue weighted by molar-refractivity contribution is -0.133. The lowest BCUT2D eigenvalue weighted by atomic mass is 10.1. The molecule has 1 heterocycles. The van der Waals surface area contributed by atoms with E-state index in [2.05, 4.69) is 0 Å². The second-order valence-electron chi connectivity index (χ2n) is 6.24. The fraction of sp³-hybridized carbons (Fsp3) is 0.889. The van der Waals surface area contributed by atoms with Crippen molar-refractivity contribution in [3.63, 3.8) is 0 Å². The largest absolute Gasteiger partial charge is 0.383 e. The summed E-state index contributed by atoms with van der Waals surface area (Å²) in [5, 5.41) is 0. The number of amides is 1. The molecular formula is C18H33NO6. The molecule has 0 saturated carbocycles. The number of carbonyl (C=O) groups excluding carboxylic acids is 2. The Morgan fingerprint density at radius 2 is 1.80 bits per heavy atom. The summed E-state index contributed by atoms with van der Waals surface area (Å²) in [4.78, 5) is 26.0. The van der Waals surface area contributed by atoms with Crippen LogP contribution in [0.5, 0.6) is 0 Å². The molecule has 0 aromatic heterocycles. The summed E-state index contributed by atoms with van der Waals surface area (Å²) in [6.45, 7) is 4.80. The van der Waals surface area contributed by atoms with E-state index in [-0.39, 0.29) is 30.4 Å². The van der Waals surface area contributed by atoms with E-state index in [0.29, 0.717) is 58.7 Å². The van der Waals surface area contributed by atoms with Crippen LogP contribution in [0.25, 0.3) is 0 Å². The third-order valence-corrected chi connectivity index (χ3v) is 4.32. The topological polar surface area (TPSA) is 74.3 Å². The molecule has 0 bridgehead atoms. The molecule has 0 radical (unpaired) electrons. The van der Waals surface area contributed by atoms with Crippen molar-refractivity contribution < 1.29 is 28.5 Å². The molecule has 0 aromatic carbocycles. The summed E-state index contributed by atoms with van der Waals surface area (Å²) < 4.78 is 21.0. The average Bonchev–Trinajstić information content (AvgIpc) is 3.02. The van der Waals surface area contributed by atoms with E-state index in [1.54, 1.807) is 14.2 Å². The first-order valence-corrected chi connectivity index (χ1v) is 9.10. The van der Waals surface area contributed by atoms with E-state index in [0.717, 1.165) is 6.42 Å². The molecule has 0 unspecified atom stereocenters. The number of likely N-dealkylation sites (tertiary alicyclic amines) is 1. The minimum Gasteiger partial charge on any atom is -0.383 e. The molecule has 2 atom stereocenters. The van der Waals surface area contributed by atoms with Crippen molar-refractivity contribution in [2.24, 2.45) is 0 Å². The number of ketones is 1. The zero-order valence-corrected chi connectivity index (χ0v) is 15.8. The zero-order valence-electron chi connectivity index (χ0n) is 15.8. The number of methoxy groups -OCH3 is 2. The standard InChI is InChI=1S/C18H33NO6/c1-4-24-9-10-25-14-16(20)7-5-6-8-18(21)19-12-17(23-3)11-15(19)13-22-2/h15,17H,4-14H2,1-3H3/t15-,17+/m1/s1. The number of unbranched alkanes of at least 4 members (excludes halogenated alkanes) is 1. The Morgan fingerprint density at radius 1 is 1.08 bits per heavy atom. The maximum atomic E-state index is 12.4. The van der Waals surface area contributed by atoms with Gasteiger partial charge in [-0.2, -0.15) is 0 Å². The predicted octanol–water partition coefficient (Wildman–Crippen LogP) is 1.43. The van der Waals surface area contributed by atoms with Gasteiger partial charge in [-0.25, -0.2) is 0 Å². The quantitative estimate of drug-likeness (QED) is 0.437. The Hall–Kier alpha value is -1.02. The van der Waals surface area contributed by atoms with Gasteiger partial charge < -0.3 is 23.8 Å². The number of carbonyl (C=O) groups is 2.